The molecule has 3 aromatic rings. The van der Waals surface area contributed by atoms with E-state index in [-0.39, 0.29) is 5.16 Å². The quantitative estimate of drug-likeness (QED) is 0.755. The van der Waals surface area contributed by atoms with Gasteiger partial charge in [-0.05, 0) is 25.1 Å². The molecule has 0 aliphatic heterocycles. The van der Waals surface area contributed by atoms with Gasteiger partial charge in [0.05, 0.1) is 11.0 Å². The lowest BCUT2D eigenvalue weighted by Gasteiger charge is -2.06. The zero-order chi connectivity index (χ0) is 15.0. The first-order valence-electron chi connectivity index (χ1n) is 6.18. The second-order valence-corrected chi connectivity index (χ2v) is 5.81. The summed E-state index contributed by atoms with van der Waals surface area (Å²) < 4.78 is 24.5. The summed E-state index contributed by atoms with van der Waals surface area (Å²) >= 11 is 0. The van der Waals surface area contributed by atoms with Crippen molar-refractivity contribution in [2.45, 2.75) is 18.6 Å². The molecule has 0 spiro atoms. The van der Waals surface area contributed by atoms with Crippen molar-refractivity contribution in [3.8, 4) is 11.4 Å². The van der Waals surface area contributed by atoms with Crippen LogP contribution in [-0.2, 0) is 16.6 Å². The molecule has 9 heteroatoms. The Balaban J connectivity index is 2.21. The van der Waals surface area contributed by atoms with E-state index in [4.69, 9.17) is 5.14 Å². The van der Waals surface area contributed by atoms with Crippen LogP contribution in [0.2, 0.25) is 0 Å². The lowest BCUT2D eigenvalue weighted by atomic mass is 10.2. The number of primary sulfonamides is 1. The Morgan fingerprint density at radius 3 is 2.52 bits per heavy atom. The zero-order valence-corrected chi connectivity index (χ0v) is 11.9. The van der Waals surface area contributed by atoms with Gasteiger partial charge in [0.25, 0.3) is 15.2 Å². The van der Waals surface area contributed by atoms with E-state index in [1.54, 1.807) is 37.5 Å². The molecule has 0 atom stereocenters. The number of sulfonamides is 1. The molecular formula is C12H12N6O2S. The van der Waals surface area contributed by atoms with E-state index in [1.165, 1.54) is 4.57 Å². The van der Waals surface area contributed by atoms with Crippen LogP contribution < -0.4 is 5.14 Å². The smallest absolute Gasteiger partial charge is 0.273 e. The Morgan fingerprint density at radius 2 is 1.86 bits per heavy atom. The van der Waals surface area contributed by atoms with Crippen molar-refractivity contribution in [2.75, 3.05) is 0 Å². The summed E-state index contributed by atoms with van der Waals surface area (Å²) in [5.74, 6) is 0.425. The molecule has 21 heavy (non-hydrogen) atoms. The average Bonchev–Trinajstić information content (AvgIpc) is 2.90. The average molecular weight is 304 g/mol. The number of aromatic nitrogens is 5. The minimum atomic E-state index is -3.91. The fourth-order valence-electron chi connectivity index (χ4n) is 2.10. The molecule has 2 N–H and O–H groups in total. The molecule has 0 fully saturated rings. The second-order valence-electron chi connectivity index (χ2n) is 4.36. The minimum absolute atomic E-state index is 0.251. The lowest BCUT2D eigenvalue weighted by Crippen LogP contribution is -2.18. The molecule has 0 amide bonds. The van der Waals surface area contributed by atoms with E-state index in [0.29, 0.717) is 23.4 Å². The number of hydrogen-bond donors (Lipinski definition) is 1. The Hall–Kier alpha value is -2.39. The van der Waals surface area contributed by atoms with E-state index in [2.05, 4.69) is 20.2 Å². The Morgan fingerprint density at radius 1 is 1.14 bits per heavy atom. The molecule has 0 saturated carbocycles. The minimum Gasteiger partial charge on any atom is -0.297 e. The van der Waals surface area contributed by atoms with Crippen LogP contribution in [0, 0.1) is 0 Å². The normalized spacial score (nSPS) is 11.9. The van der Waals surface area contributed by atoms with Crippen LogP contribution >= 0.6 is 0 Å². The largest absolute Gasteiger partial charge is 0.297 e. The van der Waals surface area contributed by atoms with Gasteiger partial charge in [0.15, 0.2) is 5.82 Å². The summed E-state index contributed by atoms with van der Waals surface area (Å²) in [6.45, 7) is 2.18. The van der Waals surface area contributed by atoms with Crippen LogP contribution in [0.25, 0.3) is 22.4 Å². The van der Waals surface area contributed by atoms with Gasteiger partial charge in [-0.2, -0.15) is 0 Å². The summed E-state index contributed by atoms with van der Waals surface area (Å²) in [6.07, 6.45) is 3.20. The maximum Gasteiger partial charge on any atom is 0.273 e. The predicted octanol–water partition coefficient (Wildman–Crippen LogP) is 0.556. The van der Waals surface area contributed by atoms with E-state index < -0.39 is 10.0 Å². The SMILES string of the molecule is CCn1c(-c2ccc3nccnc3c2)nnc1S(N)(=O)=O. The maximum absolute atomic E-state index is 11.5. The zero-order valence-electron chi connectivity index (χ0n) is 11.1. The van der Waals surface area contributed by atoms with Gasteiger partial charge in [-0.1, -0.05) is 0 Å². The molecule has 8 nitrogen and oxygen atoms in total. The number of nitrogens with two attached hydrogens (primary N) is 1. The molecule has 0 aliphatic carbocycles. The van der Waals surface area contributed by atoms with Gasteiger partial charge in [0.2, 0.25) is 0 Å². The van der Waals surface area contributed by atoms with Gasteiger partial charge >= 0.3 is 0 Å². The number of hydrogen-bond acceptors (Lipinski definition) is 6. The van der Waals surface area contributed by atoms with Crippen LogP contribution in [-0.4, -0.2) is 33.2 Å². The molecule has 3 rings (SSSR count). The van der Waals surface area contributed by atoms with Crippen molar-refractivity contribution in [3.63, 3.8) is 0 Å². The van der Waals surface area contributed by atoms with Crippen molar-refractivity contribution in [1.82, 2.24) is 24.7 Å². The molecule has 0 radical (unpaired) electrons. The fourth-order valence-corrected chi connectivity index (χ4v) is 2.78. The maximum atomic E-state index is 11.5. The first-order chi connectivity index (χ1) is 10.0. The monoisotopic (exact) mass is 304 g/mol. The van der Waals surface area contributed by atoms with E-state index in [9.17, 15) is 8.42 Å². The summed E-state index contributed by atoms with van der Waals surface area (Å²) in [4.78, 5) is 8.40. The Bertz CT molecular complexity index is 918. The van der Waals surface area contributed by atoms with E-state index in [0.717, 1.165) is 5.52 Å². The standard InChI is InChI=1S/C12H12N6O2S/c1-2-18-11(16-17-12(18)21(13,19)20)8-3-4-9-10(7-8)15-6-5-14-9/h3-7H,2H2,1H3,(H2,13,19,20). The van der Waals surface area contributed by atoms with Crippen molar-refractivity contribution < 1.29 is 8.42 Å². The third kappa shape index (κ3) is 2.36. The summed E-state index contributed by atoms with van der Waals surface area (Å²) in [5, 5.41) is 12.5. The summed E-state index contributed by atoms with van der Waals surface area (Å²) in [7, 11) is -3.91. The fraction of sp³-hybridized carbons (Fsp3) is 0.167. The van der Waals surface area contributed by atoms with Gasteiger partial charge < -0.3 is 0 Å². The van der Waals surface area contributed by atoms with Crippen molar-refractivity contribution in [3.05, 3.63) is 30.6 Å². The number of rotatable bonds is 3. The molecule has 1 aromatic carbocycles. The second kappa shape index (κ2) is 4.86. The molecule has 0 unspecified atom stereocenters. The Kier molecular flexibility index (Phi) is 3.15. The van der Waals surface area contributed by atoms with E-state index in [1.807, 2.05) is 0 Å². The summed E-state index contributed by atoms with van der Waals surface area (Å²) in [5.41, 5.74) is 2.14. The van der Waals surface area contributed by atoms with Crippen LogP contribution in [0.15, 0.2) is 35.7 Å². The van der Waals surface area contributed by atoms with Gasteiger partial charge in [-0.15, -0.1) is 10.2 Å². The lowest BCUT2D eigenvalue weighted by molar-refractivity contribution is 0.571. The first-order valence-corrected chi connectivity index (χ1v) is 7.72. The highest BCUT2D eigenvalue weighted by molar-refractivity contribution is 7.89. The van der Waals surface area contributed by atoms with Crippen molar-refractivity contribution in [1.29, 1.82) is 0 Å². The highest BCUT2D eigenvalue weighted by Gasteiger charge is 2.21. The Labute approximate surface area is 120 Å². The highest BCUT2D eigenvalue weighted by Crippen LogP contribution is 2.22. The molecular weight excluding hydrogens is 292 g/mol. The van der Waals surface area contributed by atoms with Crippen molar-refractivity contribution >= 4 is 21.1 Å². The molecule has 0 aliphatic rings. The molecule has 0 bridgehead atoms. The first kappa shape index (κ1) is 13.6. The topological polar surface area (TPSA) is 117 Å². The molecule has 2 heterocycles. The summed E-state index contributed by atoms with van der Waals surface area (Å²) in [6, 6.07) is 5.37. The third-order valence-electron chi connectivity index (χ3n) is 3.02. The van der Waals surface area contributed by atoms with Crippen LogP contribution in [0.4, 0.5) is 0 Å². The number of nitrogens with zero attached hydrogens (tertiary/aromatic N) is 5. The van der Waals surface area contributed by atoms with Crippen LogP contribution in [0.1, 0.15) is 6.92 Å². The van der Waals surface area contributed by atoms with Crippen LogP contribution in [0.5, 0.6) is 0 Å². The van der Waals surface area contributed by atoms with Crippen molar-refractivity contribution in [2.24, 2.45) is 5.14 Å². The molecule has 0 saturated heterocycles. The van der Waals surface area contributed by atoms with Gasteiger partial charge in [0.1, 0.15) is 0 Å². The number of fused-ring (bicyclic) bond motifs is 1. The van der Waals surface area contributed by atoms with Gasteiger partial charge in [-0.3, -0.25) is 14.5 Å². The number of benzene rings is 1. The van der Waals surface area contributed by atoms with Gasteiger partial charge in [0, 0.05) is 24.5 Å². The van der Waals surface area contributed by atoms with Gasteiger partial charge in [-0.25, -0.2) is 13.6 Å². The van der Waals surface area contributed by atoms with Crippen LogP contribution in [0.3, 0.4) is 0 Å². The van der Waals surface area contributed by atoms with E-state index >= 15 is 0 Å². The molecule has 108 valence electrons. The predicted molar refractivity (Wildman–Crippen MR) is 75.6 cm³/mol. The molecule has 2 aromatic heterocycles. The highest BCUT2D eigenvalue weighted by atomic mass is 32.2. The third-order valence-corrected chi connectivity index (χ3v) is 3.83.